The lowest BCUT2D eigenvalue weighted by molar-refractivity contribution is 0.386. The first kappa shape index (κ1) is 19.8. The molecule has 152 valence electrons. The summed E-state index contributed by atoms with van der Waals surface area (Å²) in [7, 11) is -3.72. The summed E-state index contributed by atoms with van der Waals surface area (Å²) in [5.74, 6) is 0.819. The van der Waals surface area contributed by atoms with Crippen molar-refractivity contribution in [3.8, 4) is 11.4 Å². The molecule has 0 aliphatic rings. The van der Waals surface area contributed by atoms with Gasteiger partial charge in [0, 0.05) is 18.0 Å². The SMILES string of the molecule is CCc1ccc(S(=O)(=O)Nc2ccccc2Cc2nc(-c3cccnc3)no2)cc1. The largest absolute Gasteiger partial charge is 0.339 e. The first-order chi connectivity index (χ1) is 14.5. The third kappa shape index (κ3) is 4.38. The van der Waals surface area contributed by atoms with E-state index in [1.807, 2.05) is 37.3 Å². The van der Waals surface area contributed by atoms with E-state index in [2.05, 4.69) is 19.8 Å². The van der Waals surface area contributed by atoms with Crippen LogP contribution in [0.4, 0.5) is 5.69 Å². The quantitative estimate of drug-likeness (QED) is 0.484. The molecule has 0 unspecified atom stereocenters. The Morgan fingerprint density at radius 2 is 1.80 bits per heavy atom. The van der Waals surface area contributed by atoms with Crippen LogP contribution in [0.15, 0.2) is 82.5 Å². The third-order valence-electron chi connectivity index (χ3n) is 4.63. The Kier molecular flexibility index (Phi) is 5.58. The lowest BCUT2D eigenvalue weighted by atomic mass is 10.1. The van der Waals surface area contributed by atoms with Gasteiger partial charge in [-0.15, -0.1) is 0 Å². The van der Waals surface area contributed by atoms with Gasteiger partial charge in [-0.3, -0.25) is 9.71 Å². The van der Waals surface area contributed by atoms with Gasteiger partial charge in [0.2, 0.25) is 11.7 Å². The second-order valence-corrected chi connectivity index (χ2v) is 8.37. The summed E-state index contributed by atoms with van der Waals surface area (Å²) in [4.78, 5) is 8.66. The maximum absolute atomic E-state index is 12.8. The predicted molar refractivity (Wildman–Crippen MR) is 113 cm³/mol. The average Bonchev–Trinajstić information content (AvgIpc) is 3.24. The van der Waals surface area contributed by atoms with Crippen molar-refractivity contribution >= 4 is 15.7 Å². The van der Waals surface area contributed by atoms with Crippen molar-refractivity contribution in [1.82, 2.24) is 15.1 Å². The third-order valence-corrected chi connectivity index (χ3v) is 6.01. The van der Waals surface area contributed by atoms with E-state index in [9.17, 15) is 8.42 Å². The van der Waals surface area contributed by atoms with E-state index in [1.54, 1.807) is 42.7 Å². The van der Waals surface area contributed by atoms with E-state index in [4.69, 9.17) is 4.52 Å². The smallest absolute Gasteiger partial charge is 0.261 e. The van der Waals surface area contributed by atoms with Gasteiger partial charge in [-0.2, -0.15) is 4.98 Å². The molecule has 0 bridgehead atoms. The van der Waals surface area contributed by atoms with Crippen LogP contribution in [0.25, 0.3) is 11.4 Å². The molecule has 0 amide bonds. The van der Waals surface area contributed by atoms with Gasteiger partial charge in [-0.05, 0) is 47.9 Å². The molecule has 8 heteroatoms. The molecule has 0 aliphatic heterocycles. The Hall–Kier alpha value is -3.52. The molecule has 4 aromatic rings. The van der Waals surface area contributed by atoms with Crippen molar-refractivity contribution in [1.29, 1.82) is 0 Å². The molecule has 2 heterocycles. The molecule has 4 rings (SSSR count). The van der Waals surface area contributed by atoms with Crippen molar-refractivity contribution in [2.24, 2.45) is 0 Å². The Morgan fingerprint density at radius 3 is 2.53 bits per heavy atom. The predicted octanol–water partition coefficient (Wildman–Crippen LogP) is 4.09. The van der Waals surface area contributed by atoms with Gasteiger partial charge in [0.05, 0.1) is 17.0 Å². The van der Waals surface area contributed by atoms with Crippen LogP contribution in [-0.4, -0.2) is 23.5 Å². The number of aryl methyl sites for hydroxylation is 1. The van der Waals surface area contributed by atoms with Gasteiger partial charge >= 0.3 is 0 Å². The summed E-state index contributed by atoms with van der Waals surface area (Å²) in [6, 6.07) is 17.6. The van der Waals surface area contributed by atoms with E-state index in [1.165, 1.54) is 0 Å². The van der Waals surface area contributed by atoms with Gasteiger partial charge in [0.1, 0.15) is 0 Å². The summed E-state index contributed by atoms with van der Waals surface area (Å²) in [6.07, 6.45) is 4.46. The highest BCUT2D eigenvalue weighted by Gasteiger charge is 2.17. The highest BCUT2D eigenvalue weighted by molar-refractivity contribution is 7.92. The van der Waals surface area contributed by atoms with Gasteiger partial charge in [-0.1, -0.05) is 42.4 Å². The standard InChI is InChI=1S/C22H20N4O3S/c1-2-16-9-11-19(12-10-16)30(27,28)26-20-8-4-3-6-17(20)14-21-24-22(25-29-21)18-7-5-13-23-15-18/h3-13,15,26H,2,14H2,1H3. The number of sulfonamides is 1. The maximum atomic E-state index is 12.8. The van der Waals surface area contributed by atoms with Gasteiger partial charge in [0.25, 0.3) is 10.0 Å². The van der Waals surface area contributed by atoms with E-state index in [0.717, 1.165) is 23.1 Å². The molecule has 0 fully saturated rings. The van der Waals surface area contributed by atoms with Crippen LogP contribution in [0.3, 0.4) is 0 Å². The topological polar surface area (TPSA) is 98.0 Å². The van der Waals surface area contributed by atoms with Crippen LogP contribution in [-0.2, 0) is 22.9 Å². The first-order valence-electron chi connectivity index (χ1n) is 9.48. The molecule has 7 nitrogen and oxygen atoms in total. The molecule has 0 radical (unpaired) electrons. The Balaban J connectivity index is 1.56. The van der Waals surface area contributed by atoms with Crippen molar-refractivity contribution in [3.05, 3.63) is 90.1 Å². The lowest BCUT2D eigenvalue weighted by Crippen LogP contribution is -2.14. The summed E-state index contributed by atoms with van der Waals surface area (Å²) in [6.45, 7) is 2.02. The minimum Gasteiger partial charge on any atom is -0.339 e. The minimum absolute atomic E-state index is 0.214. The normalized spacial score (nSPS) is 11.4. The number of hydrogen-bond acceptors (Lipinski definition) is 6. The van der Waals surface area contributed by atoms with Gasteiger partial charge in [0.15, 0.2) is 0 Å². The van der Waals surface area contributed by atoms with Crippen molar-refractivity contribution < 1.29 is 12.9 Å². The fourth-order valence-electron chi connectivity index (χ4n) is 2.98. The zero-order valence-corrected chi connectivity index (χ0v) is 17.1. The van der Waals surface area contributed by atoms with Crippen LogP contribution in [0.1, 0.15) is 23.9 Å². The summed E-state index contributed by atoms with van der Waals surface area (Å²) in [5, 5.41) is 3.99. The summed E-state index contributed by atoms with van der Waals surface area (Å²) >= 11 is 0. The highest BCUT2D eigenvalue weighted by atomic mass is 32.2. The molecule has 0 saturated carbocycles. The molecule has 2 aromatic carbocycles. The lowest BCUT2D eigenvalue weighted by Gasteiger charge is -2.12. The minimum atomic E-state index is -3.72. The molecular weight excluding hydrogens is 400 g/mol. The number of hydrogen-bond donors (Lipinski definition) is 1. The van der Waals surface area contributed by atoms with Crippen LogP contribution in [0.2, 0.25) is 0 Å². The van der Waals surface area contributed by atoms with Crippen molar-refractivity contribution in [3.63, 3.8) is 0 Å². The van der Waals surface area contributed by atoms with E-state index < -0.39 is 10.0 Å². The first-order valence-corrected chi connectivity index (χ1v) is 11.0. The molecular formula is C22H20N4O3S. The fourth-order valence-corrected chi connectivity index (χ4v) is 4.08. The number of anilines is 1. The molecule has 0 atom stereocenters. The monoisotopic (exact) mass is 420 g/mol. The molecule has 0 saturated heterocycles. The fraction of sp³-hybridized carbons (Fsp3) is 0.136. The number of pyridine rings is 1. The zero-order chi connectivity index (χ0) is 21.0. The Morgan fingerprint density at radius 1 is 1.00 bits per heavy atom. The second kappa shape index (κ2) is 8.46. The molecule has 1 N–H and O–H groups in total. The van der Waals surface area contributed by atoms with Crippen LogP contribution >= 0.6 is 0 Å². The molecule has 2 aromatic heterocycles. The molecule has 30 heavy (non-hydrogen) atoms. The van der Waals surface area contributed by atoms with Crippen LogP contribution in [0.5, 0.6) is 0 Å². The Labute approximate surface area is 174 Å². The number of aromatic nitrogens is 3. The number of para-hydroxylation sites is 1. The average molecular weight is 420 g/mol. The van der Waals surface area contributed by atoms with Crippen molar-refractivity contribution in [2.45, 2.75) is 24.7 Å². The van der Waals surface area contributed by atoms with Gasteiger partial charge in [-0.25, -0.2) is 8.42 Å². The van der Waals surface area contributed by atoms with Crippen LogP contribution in [0, 0.1) is 0 Å². The van der Waals surface area contributed by atoms with Crippen molar-refractivity contribution in [2.75, 3.05) is 4.72 Å². The number of nitrogens with zero attached hydrogens (tertiary/aromatic N) is 3. The number of nitrogens with one attached hydrogen (secondary N) is 1. The maximum Gasteiger partial charge on any atom is 0.261 e. The van der Waals surface area contributed by atoms with E-state index in [0.29, 0.717) is 23.8 Å². The second-order valence-electron chi connectivity index (χ2n) is 6.69. The molecule has 0 spiro atoms. The zero-order valence-electron chi connectivity index (χ0n) is 16.3. The molecule has 0 aliphatic carbocycles. The number of rotatable bonds is 7. The Bertz CT molecular complexity index is 1240. The number of benzene rings is 2. The van der Waals surface area contributed by atoms with E-state index in [-0.39, 0.29) is 4.90 Å². The van der Waals surface area contributed by atoms with Crippen LogP contribution < -0.4 is 4.72 Å². The summed E-state index contributed by atoms with van der Waals surface area (Å²) in [5.41, 5.74) is 3.03. The summed E-state index contributed by atoms with van der Waals surface area (Å²) < 4.78 is 33.7. The highest BCUT2D eigenvalue weighted by Crippen LogP contribution is 2.23. The van der Waals surface area contributed by atoms with Gasteiger partial charge < -0.3 is 4.52 Å². The van der Waals surface area contributed by atoms with E-state index >= 15 is 0 Å².